The molecule has 4 N–H and O–H groups in total. The molecule has 0 saturated carbocycles. The molecule has 0 atom stereocenters. The summed E-state index contributed by atoms with van der Waals surface area (Å²) in [7, 11) is 0. The monoisotopic (exact) mass is 253 g/mol. The molecule has 18 heavy (non-hydrogen) atoms. The molecule has 0 unspecified atom stereocenters. The van der Waals surface area contributed by atoms with Crippen LogP contribution in [0.3, 0.4) is 0 Å². The summed E-state index contributed by atoms with van der Waals surface area (Å²) in [6.45, 7) is 13.6. The van der Waals surface area contributed by atoms with Crippen LogP contribution in [0.1, 0.15) is 13.3 Å². The van der Waals surface area contributed by atoms with Gasteiger partial charge >= 0.3 is 0 Å². The Morgan fingerprint density at radius 3 is 2.28 bits per heavy atom. The first-order valence-electron chi connectivity index (χ1n) is 5.64. The number of carbonyl (C=O) groups excluding carboxylic acids is 2. The number of hydrogen-bond acceptors (Lipinski definition) is 3. The van der Waals surface area contributed by atoms with Crippen molar-refractivity contribution in [3.63, 3.8) is 0 Å². The fourth-order valence-electron chi connectivity index (χ4n) is 0.700. The number of amides is 2. The largest absolute Gasteiger partial charge is 0.352 e. The quantitative estimate of drug-likeness (QED) is 0.351. The summed E-state index contributed by atoms with van der Waals surface area (Å²) in [6, 6.07) is 0. The van der Waals surface area contributed by atoms with Gasteiger partial charge in [-0.05, 0) is 26.0 Å². The smallest absolute Gasteiger partial charge is 0.246 e. The van der Waals surface area contributed by atoms with Gasteiger partial charge in [-0.3, -0.25) is 9.59 Å². The highest BCUT2D eigenvalue weighted by Gasteiger charge is 1.97. The zero-order chi connectivity index (χ0) is 14.4. The van der Waals surface area contributed by atoms with E-state index in [4.69, 9.17) is 5.73 Å². The molecular weight excluding hydrogens is 230 g/mol. The van der Waals surface area contributed by atoms with E-state index < -0.39 is 0 Å². The summed E-state index contributed by atoms with van der Waals surface area (Å²) in [5.41, 5.74) is 5.76. The predicted octanol–water partition coefficient (Wildman–Crippen LogP) is 0.502. The van der Waals surface area contributed by atoms with E-state index in [0.717, 1.165) is 6.42 Å². The van der Waals surface area contributed by atoms with Gasteiger partial charge in [0.15, 0.2) is 0 Å². The van der Waals surface area contributed by atoms with E-state index in [1.54, 1.807) is 13.0 Å². The molecule has 0 heterocycles. The van der Waals surface area contributed by atoms with Gasteiger partial charge in [0.25, 0.3) is 0 Å². The van der Waals surface area contributed by atoms with E-state index in [-0.39, 0.29) is 11.8 Å². The Labute approximate surface area is 109 Å². The molecule has 0 aliphatic heterocycles. The number of carbonyl (C=O) groups is 2. The molecule has 102 valence electrons. The van der Waals surface area contributed by atoms with Gasteiger partial charge in [-0.2, -0.15) is 0 Å². The van der Waals surface area contributed by atoms with Crippen LogP contribution in [0.25, 0.3) is 0 Å². The topological polar surface area (TPSA) is 84.2 Å². The predicted molar refractivity (Wildman–Crippen MR) is 74.9 cm³/mol. The third-order valence-electron chi connectivity index (χ3n) is 1.66. The Hall–Kier alpha value is -1.88. The lowest BCUT2D eigenvalue weighted by atomic mass is 10.3. The molecule has 0 radical (unpaired) electrons. The zero-order valence-electron chi connectivity index (χ0n) is 11.0. The molecule has 0 saturated heterocycles. The standard InChI is InChI=1S/C7H14N2O.C6H9NO/c1-6(2)7(10)9-5-3-4-8;1-3-5-7-6(8)4-2/h1,3-5,8H2,2H3,(H,9,10);3-4H,1-2,5H2,(H,7,8). The summed E-state index contributed by atoms with van der Waals surface area (Å²) < 4.78 is 0. The normalized spacial score (nSPS) is 8.33. The van der Waals surface area contributed by atoms with Crippen molar-refractivity contribution in [2.75, 3.05) is 19.6 Å². The van der Waals surface area contributed by atoms with Gasteiger partial charge < -0.3 is 16.4 Å². The van der Waals surface area contributed by atoms with Crippen LogP contribution in [-0.2, 0) is 9.59 Å². The van der Waals surface area contributed by atoms with Gasteiger partial charge in [-0.1, -0.05) is 19.2 Å². The van der Waals surface area contributed by atoms with Crippen molar-refractivity contribution in [1.29, 1.82) is 0 Å². The van der Waals surface area contributed by atoms with Gasteiger partial charge in [0.2, 0.25) is 11.8 Å². The summed E-state index contributed by atoms with van der Waals surface area (Å²) in [4.78, 5) is 21.1. The highest BCUT2D eigenvalue weighted by molar-refractivity contribution is 5.92. The van der Waals surface area contributed by atoms with E-state index in [9.17, 15) is 9.59 Å². The van der Waals surface area contributed by atoms with E-state index >= 15 is 0 Å². The van der Waals surface area contributed by atoms with Crippen LogP contribution in [0.2, 0.25) is 0 Å². The maximum atomic E-state index is 10.8. The van der Waals surface area contributed by atoms with Crippen molar-refractivity contribution in [2.24, 2.45) is 5.73 Å². The van der Waals surface area contributed by atoms with Gasteiger partial charge in [0, 0.05) is 18.7 Å². The minimum Gasteiger partial charge on any atom is -0.352 e. The fraction of sp³-hybridized carbons (Fsp3) is 0.385. The van der Waals surface area contributed by atoms with Gasteiger partial charge in [-0.15, -0.1) is 6.58 Å². The molecule has 5 nitrogen and oxygen atoms in total. The minimum absolute atomic E-state index is 0.0894. The highest BCUT2D eigenvalue weighted by Crippen LogP contribution is 1.84. The van der Waals surface area contributed by atoms with Crippen LogP contribution in [0.4, 0.5) is 0 Å². The van der Waals surface area contributed by atoms with E-state index in [0.29, 0.717) is 25.2 Å². The molecular formula is C13H23N3O2. The molecule has 0 spiro atoms. The first-order valence-corrected chi connectivity index (χ1v) is 5.64. The molecule has 0 aromatic heterocycles. The summed E-state index contributed by atoms with van der Waals surface area (Å²) in [6.07, 6.45) is 3.66. The molecule has 0 aliphatic carbocycles. The second-order valence-electron chi connectivity index (χ2n) is 3.42. The first-order chi connectivity index (χ1) is 8.49. The molecule has 0 fully saturated rings. The summed E-state index contributed by atoms with van der Waals surface area (Å²) in [5.74, 6) is -0.252. The van der Waals surface area contributed by atoms with Crippen LogP contribution in [0, 0.1) is 0 Å². The van der Waals surface area contributed by atoms with Crippen molar-refractivity contribution >= 4 is 11.8 Å². The molecule has 2 amide bonds. The molecule has 5 heteroatoms. The van der Waals surface area contributed by atoms with Crippen molar-refractivity contribution in [3.8, 4) is 0 Å². The number of nitrogens with two attached hydrogens (primary N) is 1. The van der Waals surface area contributed by atoms with Crippen molar-refractivity contribution < 1.29 is 9.59 Å². The third kappa shape index (κ3) is 14.1. The van der Waals surface area contributed by atoms with Gasteiger partial charge in [0.1, 0.15) is 0 Å². The number of nitrogens with one attached hydrogen (secondary N) is 2. The Balaban J connectivity index is 0. The van der Waals surface area contributed by atoms with Gasteiger partial charge in [-0.25, -0.2) is 0 Å². The second-order valence-corrected chi connectivity index (χ2v) is 3.42. The van der Waals surface area contributed by atoms with Crippen LogP contribution in [0.5, 0.6) is 0 Å². The number of rotatable bonds is 7. The molecule has 0 aromatic carbocycles. The van der Waals surface area contributed by atoms with Crippen LogP contribution in [-0.4, -0.2) is 31.4 Å². The fourth-order valence-corrected chi connectivity index (χ4v) is 0.700. The van der Waals surface area contributed by atoms with Crippen molar-refractivity contribution in [2.45, 2.75) is 13.3 Å². The molecule has 0 aromatic rings. The van der Waals surface area contributed by atoms with E-state index in [1.807, 2.05) is 0 Å². The lowest BCUT2D eigenvalue weighted by molar-refractivity contribution is -0.117. The highest BCUT2D eigenvalue weighted by atomic mass is 16.2. The Morgan fingerprint density at radius 2 is 1.89 bits per heavy atom. The maximum Gasteiger partial charge on any atom is 0.246 e. The van der Waals surface area contributed by atoms with E-state index in [2.05, 4.69) is 30.4 Å². The number of hydrogen-bond donors (Lipinski definition) is 3. The Morgan fingerprint density at radius 1 is 1.28 bits per heavy atom. The van der Waals surface area contributed by atoms with Crippen LogP contribution in [0.15, 0.2) is 37.5 Å². The summed E-state index contributed by atoms with van der Waals surface area (Å²) in [5, 5.41) is 5.17. The first kappa shape index (κ1) is 18.5. The molecule has 0 bridgehead atoms. The van der Waals surface area contributed by atoms with Crippen LogP contribution >= 0.6 is 0 Å². The van der Waals surface area contributed by atoms with E-state index in [1.165, 1.54) is 6.08 Å². The maximum absolute atomic E-state index is 10.8. The second kappa shape index (κ2) is 13.2. The Kier molecular flexibility index (Phi) is 13.5. The van der Waals surface area contributed by atoms with Crippen molar-refractivity contribution in [1.82, 2.24) is 10.6 Å². The average molecular weight is 253 g/mol. The minimum atomic E-state index is -0.162. The molecule has 0 aliphatic rings. The third-order valence-corrected chi connectivity index (χ3v) is 1.66. The average Bonchev–Trinajstić information content (AvgIpc) is 2.36. The SMILES string of the molecule is C=C(C)C(=O)NCCCN.C=CCNC(=O)C=C. The van der Waals surface area contributed by atoms with Gasteiger partial charge in [0.05, 0.1) is 0 Å². The summed E-state index contributed by atoms with van der Waals surface area (Å²) >= 11 is 0. The Bertz CT molecular complexity index is 299. The molecule has 0 rings (SSSR count). The lowest BCUT2D eigenvalue weighted by Gasteiger charge is -2.01. The lowest BCUT2D eigenvalue weighted by Crippen LogP contribution is -2.26. The van der Waals surface area contributed by atoms with Crippen molar-refractivity contribution in [3.05, 3.63) is 37.5 Å². The van der Waals surface area contributed by atoms with Crippen LogP contribution < -0.4 is 16.4 Å². The zero-order valence-corrected chi connectivity index (χ0v) is 11.0.